The molecule has 0 aliphatic carbocycles. The molecule has 1 rings (SSSR count). The minimum absolute atomic E-state index is 0.0423. The number of benzene rings is 1. The largest absolute Gasteiger partial charge is 0.345 e. The molecular formula is C14H18FN3O. The van der Waals surface area contributed by atoms with Gasteiger partial charge in [-0.3, -0.25) is 4.79 Å². The topological polar surface area (TPSA) is 56.1 Å². The predicted octanol–water partition coefficient (Wildman–Crippen LogP) is 1.65. The van der Waals surface area contributed by atoms with E-state index in [1.54, 1.807) is 18.9 Å². The molecule has 0 heterocycles. The fraction of sp³-hybridized carbons (Fsp3) is 0.429. The standard InChI is InChI=1S/C14H18FN3O/c1-4-18(3)14(19)10(2)17-9-12-7-11(8-16)5-6-13(12)15/h5-7,10,17H,4,9H2,1-3H3. The third-order valence-electron chi connectivity index (χ3n) is 2.99. The van der Waals surface area contributed by atoms with E-state index in [1.807, 2.05) is 13.0 Å². The summed E-state index contributed by atoms with van der Waals surface area (Å²) in [5.74, 6) is -0.422. The number of carbonyl (C=O) groups is 1. The van der Waals surface area contributed by atoms with Crippen molar-refractivity contribution in [2.24, 2.45) is 0 Å². The van der Waals surface area contributed by atoms with Gasteiger partial charge < -0.3 is 10.2 Å². The summed E-state index contributed by atoms with van der Waals surface area (Å²) in [6.45, 7) is 4.47. The van der Waals surface area contributed by atoms with E-state index in [0.29, 0.717) is 17.7 Å². The number of hydrogen-bond donors (Lipinski definition) is 1. The van der Waals surface area contributed by atoms with Crippen molar-refractivity contribution >= 4 is 5.91 Å². The molecule has 19 heavy (non-hydrogen) atoms. The van der Waals surface area contributed by atoms with Gasteiger partial charge in [-0.25, -0.2) is 4.39 Å². The van der Waals surface area contributed by atoms with Crippen LogP contribution in [0.15, 0.2) is 18.2 Å². The van der Waals surface area contributed by atoms with Gasteiger partial charge in [0.1, 0.15) is 5.82 Å². The highest BCUT2D eigenvalue weighted by molar-refractivity contribution is 5.81. The maximum atomic E-state index is 13.5. The summed E-state index contributed by atoms with van der Waals surface area (Å²) in [7, 11) is 1.72. The fourth-order valence-corrected chi connectivity index (χ4v) is 1.62. The van der Waals surface area contributed by atoms with Crippen LogP contribution in [-0.4, -0.2) is 30.4 Å². The number of halogens is 1. The van der Waals surface area contributed by atoms with Crippen molar-refractivity contribution in [2.75, 3.05) is 13.6 Å². The number of nitrogens with one attached hydrogen (secondary N) is 1. The highest BCUT2D eigenvalue weighted by Crippen LogP contribution is 2.10. The van der Waals surface area contributed by atoms with Crippen molar-refractivity contribution in [3.05, 3.63) is 35.1 Å². The molecule has 1 aromatic carbocycles. The van der Waals surface area contributed by atoms with E-state index in [9.17, 15) is 9.18 Å². The third kappa shape index (κ3) is 4.04. The lowest BCUT2D eigenvalue weighted by molar-refractivity contribution is -0.131. The van der Waals surface area contributed by atoms with E-state index in [-0.39, 0.29) is 18.3 Å². The van der Waals surface area contributed by atoms with Crippen molar-refractivity contribution < 1.29 is 9.18 Å². The first-order chi connectivity index (χ1) is 8.99. The third-order valence-corrected chi connectivity index (χ3v) is 2.99. The predicted molar refractivity (Wildman–Crippen MR) is 70.7 cm³/mol. The highest BCUT2D eigenvalue weighted by atomic mass is 19.1. The van der Waals surface area contributed by atoms with Crippen LogP contribution in [0.25, 0.3) is 0 Å². The first-order valence-corrected chi connectivity index (χ1v) is 6.16. The van der Waals surface area contributed by atoms with Crippen molar-refractivity contribution in [1.29, 1.82) is 5.26 Å². The van der Waals surface area contributed by atoms with Crippen LogP contribution in [0.4, 0.5) is 4.39 Å². The second-order valence-corrected chi connectivity index (χ2v) is 4.37. The van der Waals surface area contributed by atoms with Crippen LogP contribution in [0.2, 0.25) is 0 Å². The van der Waals surface area contributed by atoms with Gasteiger partial charge in [-0.15, -0.1) is 0 Å². The number of hydrogen-bond acceptors (Lipinski definition) is 3. The maximum Gasteiger partial charge on any atom is 0.239 e. The van der Waals surface area contributed by atoms with Crippen LogP contribution in [0.5, 0.6) is 0 Å². The van der Waals surface area contributed by atoms with Crippen LogP contribution in [0, 0.1) is 17.1 Å². The Morgan fingerprint density at radius 2 is 2.26 bits per heavy atom. The van der Waals surface area contributed by atoms with Crippen molar-refractivity contribution in [1.82, 2.24) is 10.2 Å². The minimum atomic E-state index is -0.393. The molecule has 0 saturated carbocycles. The Kier molecular flexibility index (Phi) is 5.46. The molecule has 1 unspecified atom stereocenters. The van der Waals surface area contributed by atoms with Gasteiger partial charge >= 0.3 is 0 Å². The molecule has 0 aliphatic heterocycles. The molecule has 0 spiro atoms. The van der Waals surface area contributed by atoms with E-state index in [2.05, 4.69) is 5.32 Å². The van der Waals surface area contributed by atoms with Gasteiger partial charge in [0, 0.05) is 25.7 Å². The van der Waals surface area contributed by atoms with Crippen LogP contribution < -0.4 is 5.32 Å². The lowest BCUT2D eigenvalue weighted by Crippen LogP contribution is -2.42. The smallest absolute Gasteiger partial charge is 0.239 e. The highest BCUT2D eigenvalue weighted by Gasteiger charge is 2.16. The Hall–Kier alpha value is -1.93. The molecule has 1 N–H and O–H groups in total. The van der Waals surface area contributed by atoms with Crippen molar-refractivity contribution in [2.45, 2.75) is 26.4 Å². The number of rotatable bonds is 5. The number of nitrogens with zero attached hydrogens (tertiary/aromatic N) is 2. The number of carbonyl (C=O) groups excluding carboxylic acids is 1. The lowest BCUT2D eigenvalue weighted by atomic mass is 10.1. The molecule has 1 amide bonds. The maximum absolute atomic E-state index is 13.5. The van der Waals surface area contributed by atoms with Gasteiger partial charge in [-0.1, -0.05) is 0 Å². The molecular weight excluding hydrogens is 245 g/mol. The van der Waals surface area contributed by atoms with Crippen molar-refractivity contribution in [3.8, 4) is 6.07 Å². The normalized spacial score (nSPS) is 11.7. The van der Waals surface area contributed by atoms with Crippen LogP contribution in [0.1, 0.15) is 25.0 Å². The SMILES string of the molecule is CCN(C)C(=O)C(C)NCc1cc(C#N)ccc1F. The average molecular weight is 263 g/mol. The summed E-state index contributed by atoms with van der Waals surface area (Å²) in [6, 6.07) is 5.75. The quantitative estimate of drug-likeness (QED) is 0.879. The summed E-state index contributed by atoms with van der Waals surface area (Å²) in [4.78, 5) is 13.4. The lowest BCUT2D eigenvalue weighted by Gasteiger charge is -2.20. The first kappa shape index (κ1) is 15.1. The monoisotopic (exact) mass is 263 g/mol. The molecule has 4 nitrogen and oxygen atoms in total. The molecule has 0 aromatic heterocycles. The molecule has 102 valence electrons. The number of nitriles is 1. The Balaban J connectivity index is 2.67. The number of likely N-dealkylation sites (N-methyl/N-ethyl adjacent to an activating group) is 1. The summed E-state index contributed by atoms with van der Waals surface area (Å²) in [5.41, 5.74) is 0.792. The molecule has 1 aromatic rings. The van der Waals surface area contributed by atoms with Crippen LogP contribution in [-0.2, 0) is 11.3 Å². The summed E-state index contributed by atoms with van der Waals surface area (Å²) < 4.78 is 13.5. The van der Waals surface area contributed by atoms with E-state index in [0.717, 1.165) is 0 Å². The molecule has 0 fully saturated rings. The fourth-order valence-electron chi connectivity index (χ4n) is 1.62. The van der Waals surface area contributed by atoms with E-state index >= 15 is 0 Å². The minimum Gasteiger partial charge on any atom is -0.345 e. The average Bonchev–Trinajstić information content (AvgIpc) is 2.44. The summed E-state index contributed by atoms with van der Waals surface area (Å²) >= 11 is 0. The Labute approximate surface area is 112 Å². The zero-order valence-corrected chi connectivity index (χ0v) is 11.4. The van der Waals surface area contributed by atoms with E-state index in [1.165, 1.54) is 18.2 Å². The molecule has 5 heteroatoms. The van der Waals surface area contributed by atoms with E-state index < -0.39 is 6.04 Å². The zero-order chi connectivity index (χ0) is 14.4. The second kappa shape index (κ2) is 6.86. The van der Waals surface area contributed by atoms with Crippen LogP contribution >= 0.6 is 0 Å². The molecule has 0 aliphatic rings. The van der Waals surface area contributed by atoms with Gasteiger partial charge in [0.25, 0.3) is 0 Å². The van der Waals surface area contributed by atoms with Gasteiger partial charge in [-0.2, -0.15) is 5.26 Å². The first-order valence-electron chi connectivity index (χ1n) is 6.16. The Morgan fingerprint density at radius 3 is 2.84 bits per heavy atom. The van der Waals surface area contributed by atoms with Gasteiger partial charge in [0.05, 0.1) is 17.7 Å². The van der Waals surface area contributed by atoms with Gasteiger partial charge in [0.2, 0.25) is 5.91 Å². The van der Waals surface area contributed by atoms with E-state index in [4.69, 9.17) is 5.26 Å². The second-order valence-electron chi connectivity index (χ2n) is 4.37. The zero-order valence-electron chi connectivity index (χ0n) is 11.4. The number of amides is 1. The summed E-state index contributed by atoms with van der Waals surface area (Å²) in [6.07, 6.45) is 0. The summed E-state index contributed by atoms with van der Waals surface area (Å²) in [5, 5.41) is 11.7. The molecule has 0 radical (unpaired) electrons. The van der Waals surface area contributed by atoms with Gasteiger partial charge in [-0.05, 0) is 32.0 Å². The molecule has 0 bridgehead atoms. The van der Waals surface area contributed by atoms with Crippen LogP contribution in [0.3, 0.4) is 0 Å². The Morgan fingerprint density at radius 1 is 1.58 bits per heavy atom. The van der Waals surface area contributed by atoms with Gasteiger partial charge in [0.15, 0.2) is 0 Å². The Bertz CT molecular complexity index is 496. The van der Waals surface area contributed by atoms with Crippen molar-refractivity contribution in [3.63, 3.8) is 0 Å². The molecule has 0 saturated heterocycles. The molecule has 1 atom stereocenters.